The molecule has 5 nitrogen and oxygen atoms in total. The van der Waals surface area contributed by atoms with Crippen LogP contribution in [-0.4, -0.2) is 16.2 Å². The minimum atomic E-state index is -1.05. The van der Waals surface area contributed by atoms with E-state index in [1.165, 1.54) is 0 Å². The fourth-order valence-corrected chi connectivity index (χ4v) is 1.73. The molecule has 0 fully saturated rings. The van der Waals surface area contributed by atoms with E-state index in [0.29, 0.717) is 11.4 Å². The molecule has 17 heavy (non-hydrogen) atoms. The molecule has 0 radical (unpaired) electrons. The number of amides is 1. The van der Waals surface area contributed by atoms with Gasteiger partial charge in [0, 0.05) is 0 Å². The van der Waals surface area contributed by atoms with Crippen molar-refractivity contribution in [3.63, 3.8) is 0 Å². The van der Waals surface area contributed by atoms with Crippen LogP contribution in [0.4, 0.5) is 10.5 Å². The molecule has 0 spiro atoms. The molecule has 1 atom stereocenters. The molecule has 1 heterocycles. The van der Waals surface area contributed by atoms with E-state index >= 15 is 0 Å². The largest absolute Gasteiger partial charge is 0.465 e. The van der Waals surface area contributed by atoms with Gasteiger partial charge in [-0.15, -0.1) is 0 Å². The van der Waals surface area contributed by atoms with Crippen LogP contribution in [-0.2, 0) is 0 Å². The first-order chi connectivity index (χ1) is 7.71. The zero-order chi connectivity index (χ0) is 13.2. The maximum atomic E-state index is 10.8. The third-order valence-electron chi connectivity index (χ3n) is 2.55. The number of carbonyl (C=O) groups is 1. The maximum Gasteiger partial charge on any atom is 0.405 e. The lowest BCUT2D eigenvalue weighted by Gasteiger charge is -2.31. The standard InChI is InChI=1S/C12H19N3O2/c1-7-5-8(13)6-14-9(7)10(12(2,3)4)15-11(16)17/h5-6,10,15H,13H2,1-4H3,(H,16,17). The smallest absolute Gasteiger partial charge is 0.405 e. The van der Waals surface area contributed by atoms with Crippen molar-refractivity contribution in [3.8, 4) is 0 Å². The predicted molar refractivity (Wildman–Crippen MR) is 66.7 cm³/mol. The Kier molecular flexibility index (Phi) is 3.60. The van der Waals surface area contributed by atoms with Crippen LogP contribution in [0.1, 0.15) is 38.1 Å². The summed E-state index contributed by atoms with van der Waals surface area (Å²) in [6.45, 7) is 7.77. The van der Waals surface area contributed by atoms with Crippen LogP contribution in [0.5, 0.6) is 0 Å². The number of aryl methyl sites for hydroxylation is 1. The van der Waals surface area contributed by atoms with Gasteiger partial charge in [-0.25, -0.2) is 4.79 Å². The number of pyridine rings is 1. The monoisotopic (exact) mass is 237 g/mol. The molecule has 94 valence electrons. The molecule has 1 amide bonds. The van der Waals surface area contributed by atoms with Gasteiger partial charge in [-0.1, -0.05) is 20.8 Å². The van der Waals surface area contributed by atoms with Gasteiger partial charge in [-0.3, -0.25) is 4.98 Å². The molecule has 0 saturated heterocycles. The second kappa shape index (κ2) is 4.61. The molecular weight excluding hydrogens is 218 g/mol. The zero-order valence-corrected chi connectivity index (χ0v) is 10.6. The fourth-order valence-electron chi connectivity index (χ4n) is 1.73. The highest BCUT2D eigenvalue weighted by Gasteiger charge is 2.30. The minimum Gasteiger partial charge on any atom is -0.465 e. The Bertz CT molecular complexity index is 424. The second-order valence-corrected chi connectivity index (χ2v) is 5.22. The summed E-state index contributed by atoms with van der Waals surface area (Å²) in [5, 5.41) is 11.4. The Morgan fingerprint density at radius 2 is 2.12 bits per heavy atom. The third-order valence-corrected chi connectivity index (χ3v) is 2.55. The highest BCUT2D eigenvalue weighted by molar-refractivity contribution is 5.65. The lowest BCUT2D eigenvalue weighted by Crippen LogP contribution is -2.36. The number of rotatable bonds is 2. The van der Waals surface area contributed by atoms with Crippen molar-refractivity contribution in [3.05, 3.63) is 23.5 Å². The summed E-state index contributed by atoms with van der Waals surface area (Å²) in [6.07, 6.45) is 0.493. The van der Waals surface area contributed by atoms with E-state index < -0.39 is 6.09 Å². The lowest BCUT2D eigenvalue weighted by molar-refractivity contribution is 0.174. The van der Waals surface area contributed by atoms with Gasteiger partial charge < -0.3 is 16.2 Å². The van der Waals surface area contributed by atoms with Crippen molar-refractivity contribution in [1.29, 1.82) is 0 Å². The zero-order valence-electron chi connectivity index (χ0n) is 10.6. The summed E-state index contributed by atoms with van der Waals surface area (Å²) < 4.78 is 0. The maximum absolute atomic E-state index is 10.8. The van der Waals surface area contributed by atoms with Crippen LogP contribution < -0.4 is 11.1 Å². The van der Waals surface area contributed by atoms with Crippen LogP contribution >= 0.6 is 0 Å². The van der Waals surface area contributed by atoms with E-state index in [2.05, 4.69) is 10.3 Å². The van der Waals surface area contributed by atoms with E-state index in [0.717, 1.165) is 5.56 Å². The first kappa shape index (κ1) is 13.3. The van der Waals surface area contributed by atoms with Gasteiger partial charge in [0.25, 0.3) is 0 Å². The normalized spacial score (nSPS) is 13.2. The first-order valence-corrected chi connectivity index (χ1v) is 5.43. The van der Waals surface area contributed by atoms with E-state index in [-0.39, 0.29) is 11.5 Å². The topological polar surface area (TPSA) is 88.2 Å². The molecule has 0 saturated carbocycles. The molecule has 0 aromatic carbocycles. The lowest BCUT2D eigenvalue weighted by atomic mass is 9.83. The fraction of sp³-hybridized carbons (Fsp3) is 0.500. The summed E-state index contributed by atoms with van der Waals surface area (Å²) >= 11 is 0. The van der Waals surface area contributed by atoms with Gasteiger partial charge >= 0.3 is 6.09 Å². The van der Waals surface area contributed by atoms with E-state index in [1.807, 2.05) is 27.7 Å². The number of nitrogens with two attached hydrogens (primary N) is 1. The van der Waals surface area contributed by atoms with Crippen LogP contribution in [0.2, 0.25) is 0 Å². The highest BCUT2D eigenvalue weighted by Crippen LogP contribution is 2.33. The van der Waals surface area contributed by atoms with Gasteiger partial charge in [0.2, 0.25) is 0 Å². The molecule has 0 bridgehead atoms. The molecule has 1 aromatic rings. The number of carboxylic acid groups (broad SMARTS) is 1. The molecular formula is C12H19N3O2. The van der Waals surface area contributed by atoms with Crippen molar-refractivity contribution >= 4 is 11.8 Å². The molecule has 5 heteroatoms. The van der Waals surface area contributed by atoms with Gasteiger partial charge in [0.05, 0.1) is 23.6 Å². The highest BCUT2D eigenvalue weighted by atomic mass is 16.4. The number of aromatic nitrogens is 1. The summed E-state index contributed by atoms with van der Waals surface area (Å²) in [7, 11) is 0. The molecule has 4 N–H and O–H groups in total. The van der Waals surface area contributed by atoms with Crippen molar-refractivity contribution in [1.82, 2.24) is 10.3 Å². The Morgan fingerprint density at radius 1 is 1.53 bits per heavy atom. The molecule has 1 unspecified atom stereocenters. The summed E-state index contributed by atoms with van der Waals surface area (Å²) in [5.41, 5.74) is 7.56. The van der Waals surface area contributed by atoms with Crippen molar-refractivity contribution in [2.45, 2.75) is 33.7 Å². The molecule has 0 aliphatic carbocycles. The average Bonchev–Trinajstić information content (AvgIpc) is 2.13. The predicted octanol–water partition coefficient (Wildman–Crippen LogP) is 2.33. The number of anilines is 1. The molecule has 0 aliphatic heterocycles. The summed E-state index contributed by atoms with van der Waals surface area (Å²) in [6, 6.07) is 1.44. The Morgan fingerprint density at radius 3 is 2.53 bits per heavy atom. The Balaban J connectivity index is 3.17. The average molecular weight is 237 g/mol. The summed E-state index contributed by atoms with van der Waals surface area (Å²) in [5.74, 6) is 0. The number of nitrogen functional groups attached to an aromatic ring is 1. The molecule has 1 rings (SSSR count). The Hall–Kier alpha value is -1.78. The van der Waals surface area contributed by atoms with Crippen molar-refractivity contribution in [2.75, 3.05) is 5.73 Å². The second-order valence-electron chi connectivity index (χ2n) is 5.22. The van der Waals surface area contributed by atoms with E-state index in [4.69, 9.17) is 10.8 Å². The van der Waals surface area contributed by atoms with Crippen LogP contribution in [0, 0.1) is 12.3 Å². The van der Waals surface area contributed by atoms with Crippen molar-refractivity contribution < 1.29 is 9.90 Å². The first-order valence-electron chi connectivity index (χ1n) is 5.43. The van der Waals surface area contributed by atoms with E-state index in [9.17, 15) is 4.79 Å². The quantitative estimate of drug-likeness (QED) is 0.736. The van der Waals surface area contributed by atoms with Crippen molar-refractivity contribution in [2.24, 2.45) is 5.41 Å². The van der Waals surface area contributed by atoms with Gasteiger partial charge in [-0.2, -0.15) is 0 Å². The molecule has 1 aromatic heterocycles. The number of nitrogens with one attached hydrogen (secondary N) is 1. The van der Waals surface area contributed by atoms with Gasteiger partial charge in [-0.05, 0) is 24.0 Å². The minimum absolute atomic E-state index is 0.258. The van der Waals surface area contributed by atoms with Gasteiger partial charge in [0.15, 0.2) is 0 Å². The van der Waals surface area contributed by atoms with Crippen LogP contribution in [0.15, 0.2) is 12.3 Å². The van der Waals surface area contributed by atoms with Crippen LogP contribution in [0.25, 0.3) is 0 Å². The number of hydrogen-bond donors (Lipinski definition) is 3. The summed E-state index contributed by atoms with van der Waals surface area (Å²) in [4.78, 5) is 15.1. The third kappa shape index (κ3) is 3.34. The van der Waals surface area contributed by atoms with Gasteiger partial charge in [0.1, 0.15) is 0 Å². The Labute approximate surface area is 101 Å². The van der Waals surface area contributed by atoms with Crippen LogP contribution in [0.3, 0.4) is 0 Å². The molecule has 0 aliphatic rings. The SMILES string of the molecule is Cc1cc(N)cnc1C(NC(=O)O)C(C)(C)C. The van der Waals surface area contributed by atoms with E-state index in [1.54, 1.807) is 12.3 Å². The number of nitrogens with zero attached hydrogens (tertiary/aromatic N) is 1. The number of hydrogen-bond acceptors (Lipinski definition) is 3.